The molecule has 41 nitrogen and oxygen atoms in total. The molecule has 0 amide bonds. The average Bonchev–Trinajstić information content (AvgIpc) is 1.32. The minimum Gasteiger partial charge on any atom is -0.756 e. The third-order valence-corrected chi connectivity index (χ3v) is 25.6. The number of rotatable bonds is 30. The van der Waals surface area contributed by atoms with E-state index in [2.05, 4.69) is 87.4 Å². The second kappa shape index (κ2) is 56.6. The standard InChI is InChI=1S/C20H17ClO.C12H27N.C10H12ClFN2O4.C9H13ClFN2O14P3.C9H10ClFN2O5.C7H4ClO3P.CH4O7P2.4Li/c1-22-19-14-12-18(13-15-19)20(21,16-8-4-2-5-9-16)17-10-6-3-7-11-17;1-4-7-10-13(11-8-5-2)12-9-6-3;1-5-6(4-15)18-8(10(5,11)12)14-3-2-7(16)13-9(14)17;10-9(11)6(15)4(25-7(9)13-2-1-5(14)12-8(13)16)3-24-29(20,21)27-30(22,23)26-28(17,18)19;10-9(11)6(16)4(3-14)18-7(9)13-2-1-5(15)12-8(13)17;8-12-10-6-4-2-1-3-5(6)7(9)11-12;1-10(4,9-3)8-7-6-5-2;;;;/h2-15H,1H3;4-12H2,1-3H3;2-3,5-6,8,15H,4H2,1H3,(H,13,16,17);1-2,4,6-7,15H,3H2,(H,20,21)(H,22,23)(H,12,14,16)(H2,17,18,19);1-2,4,6-7,14,16H,3H2,(H,12,15,17);1-4H;2H,1H3;;;;/q;;;;;;;4*+1/p-3/t;;5-,6-,8-,10-;2*4-,6-,7-,9-;;;;;;/m..111....../s1. The first-order chi connectivity index (χ1) is 57.7. The van der Waals surface area contributed by atoms with Crippen molar-refractivity contribution in [2.45, 2.75) is 136 Å². The van der Waals surface area contributed by atoms with Gasteiger partial charge in [-0.2, -0.15) is 0 Å². The van der Waals surface area contributed by atoms with Gasteiger partial charge in [-0.1, -0.05) is 167 Å². The second-order valence-corrected chi connectivity index (χ2v) is 38.7. The number of nitrogens with zero attached hydrogens (tertiary/aromatic N) is 4. The fourth-order valence-corrected chi connectivity index (χ4v) is 16.5. The molecular weight excluding hydrogens is 1910 g/mol. The number of nitrogens with one attached hydrogen (secondary N) is 3. The van der Waals surface area contributed by atoms with E-state index in [4.69, 9.17) is 101 Å². The molecule has 127 heavy (non-hydrogen) atoms. The van der Waals surface area contributed by atoms with E-state index < -0.39 is 181 Å². The molecule has 0 radical (unpaired) electrons. The van der Waals surface area contributed by atoms with E-state index in [9.17, 15) is 94.5 Å². The van der Waals surface area contributed by atoms with Gasteiger partial charge in [0.2, 0.25) is 5.13 Å². The van der Waals surface area contributed by atoms with Crippen molar-refractivity contribution >= 4 is 110 Å². The van der Waals surface area contributed by atoms with Crippen molar-refractivity contribution in [3.05, 3.63) is 231 Å². The number of phosphoric acid groups is 3. The Balaban J connectivity index is 0.000000757. The molecule has 3 fully saturated rings. The molecule has 0 bridgehead atoms. The van der Waals surface area contributed by atoms with E-state index >= 15 is 0 Å². The summed E-state index contributed by atoms with van der Waals surface area (Å²) < 4.78 is 143. The number of para-hydroxylation sites is 1. The number of hydrogen-bond donors (Lipinski definition) is 9. The molecular formula is C68H84Cl5F3Li4N7O34P6+. The van der Waals surface area contributed by atoms with Gasteiger partial charge in [0.15, 0.2) is 18.7 Å². The number of benzene rings is 4. The number of aliphatic hydroxyl groups is 4. The normalized spacial score (nSPS) is 24.3. The maximum absolute atomic E-state index is 14.7. The number of hydrogen-bond acceptors (Lipinski definition) is 34. The molecule has 0 aliphatic carbocycles. The number of alkyl halides is 7. The smallest absolute Gasteiger partial charge is 0.756 e. The zero-order valence-corrected chi connectivity index (χ0v) is 78.3. The molecule has 4 aliphatic heterocycles. The molecule has 17 atom stereocenters. The van der Waals surface area contributed by atoms with Crippen LogP contribution in [0.1, 0.15) is 112 Å². The van der Waals surface area contributed by atoms with Crippen LogP contribution in [-0.2, 0) is 79.4 Å². The molecule has 4 aromatic carbocycles. The Kier molecular flexibility index (Phi) is 54.0. The fraction of sp³-hybridized carbons (Fsp3) is 0.456. The maximum atomic E-state index is 14.7. The number of unbranched alkanes of at least 4 members (excludes halogenated alkanes) is 3. The fourth-order valence-electron chi connectivity index (χ4n) is 11.0. The number of carbonyl (C=O) groups is 1. The topological polar surface area (TPSA) is 581 Å². The number of carbonyl (C=O) groups excluding carboxylic acids is 1. The van der Waals surface area contributed by atoms with Gasteiger partial charge in [-0.3, -0.25) is 65.9 Å². The van der Waals surface area contributed by atoms with E-state index in [1.165, 1.54) is 65.1 Å². The summed E-state index contributed by atoms with van der Waals surface area (Å²) in [6.07, 6.45) is -2.31. The van der Waals surface area contributed by atoms with E-state index in [1.54, 1.807) is 36.4 Å². The van der Waals surface area contributed by atoms with Crippen LogP contribution >= 0.6 is 104 Å². The Labute approximate surface area is 796 Å². The number of methoxy groups -OCH3 is 1. The quantitative estimate of drug-likeness (QED) is 0.00408. The van der Waals surface area contributed by atoms with Crippen molar-refractivity contribution in [2.75, 3.05) is 53.2 Å². The van der Waals surface area contributed by atoms with E-state index in [0.717, 1.165) is 70.5 Å². The Morgan fingerprint density at radius 1 is 0.583 bits per heavy atom. The van der Waals surface area contributed by atoms with Crippen LogP contribution < -0.4 is 133 Å². The SMILES string of the molecule is CCCCN(CCCC)CCCC.COc1ccc(C(Cl)(c2ccccc2)c2ccccc2)cc1.CP(=O)(OOOOO)P=O.C[C@@H]1[C@@H](CO)O[C@@H](n2ccc(=O)[nH]c2=O)[C@@]1(F)Cl.O=C1OP(Cl)Oc2ccccc21.O=c1ccn([C@@H]2O[C@H](CO)[C@@H](O)[C@]2(F)Cl)c(=O)[nH]1.O=c1ccn([C@@H]2O[C@H](COP(=O)([O-])OP(=O)([O-])OP(=O)([O-])O)[C@@H](O)[C@]2(F)Cl)c(=O)[nH]1.[Li+].[Li+].[Li+].[Li+]. The molecule has 4 aliphatic rings. The van der Waals surface area contributed by atoms with Gasteiger partial charge in [0, 0.05) is 49.4 Å². The molecule has 3 aromatic heterocycles. The Morgan fingerprint density at radius 3 is 1.35 bits per heavy atom. The molecule has 684 valence electrons. The van der Waals surface area contributed by atoms with Crippen molar-refractivity contribution in [3.63, 3.8) is 0 Å². The molecule has 5 unspecified atom stereocenters. The Morgan fingerprint density at radius 2 is 0.976 bits per heavy atom. The van der Waals surface area contributed by atoms with Gasteiger partial charge in [-0.25, -0.2) is 46.2 Å². The van der Waals surface area contributed by atoms with Crippen LogP contribution in [0.2, 0.25) is 0 Å². The summed E-state index contributed by atoms with van der Waals surface area (Å²) in [7, 11) is -22.0. The van der Waals surface area contributed by atoms with Crippen LogP contribution in [0.5, 0.6) is 11.5 Å². The summed E-state index contributed by atoms with van der Waals surface area (Å²) in [4.78, 5) is 128. The number of aromatic amines is 3. The van der Waals surface area contributed by atoms with Gasteiger partial charge in [0.1, 0.15) is 46.4 Å². The minimum atomic E-state index is -6.17. The van der Waals surface area contributed by atoms with Gasteiger partial charge in [0.05, 0.1) is 33.0 Å². The molecule has 3 saturated heterocycles. The van der Waals surface area contributed by atoms with Crippen LogP contribution in [0, 0.1) is 5.92 Å². The summed E-state index contributed by atoms with van der Waals surface area (Å²) in [5.74, 6) is 0.102. The predicted octanol–water partition coefficient (Wildman–Crippen LogP) is -3.18. The van der Waals surface area contributed by atoms with Gasteiger partial charge >= 0.3 is 113 Å². The van der Waals surface area contributed by atoms with Crippen LogP contribution in [0.25, 0.3) is 0 Å². The van der Waals surface area contributed by atoms with Gasteiger partial charge in [-0.15, -0.1) is 16.3 Å². The summed E-state index contributed by atoms with van der Waals surface area (Å²) >= 11 is 29.5. The summed E-state index contributed by atoms with van der Waals surface area (Å²) in [6.45, 7) is 10.9. The number of fused-ring (bicyclic) bond motifs is 1. The summed E-state index contributed by atoms with van der Waals surface area (Å²) in [5, 5.41) is 46.1. The van der Waals surface area contributed by atoms with Gasteiger partial charge in [0.25, 0.3) is 58.6 Å². The molecule has 59 heteroatoms. The molecule has 0 saturated carbocycles. The molecule has 11 rings (SSSR count). The van der Waals surface area contributed by atoms with Crippen molar-refractivity contribution in [3.8, 4) is 11.5 Å². The van der Waals surface area contributed by atoms with Crippen LogP contribution in [0.4, 0.5) is 13.2 Å². The number of phosphoric ester groups is 1. The predicted molar refractivity (Wildman–Crippen MR) is 429 cm³/mol. The minimum absolute atomic E-state index is 0. The van der Waals surface area contributed by atoms with Crippen LogP contribution in [0.3, 0.4) is 0 Å². The Bertz CT molecular complexity index is 4960. The first-order valence-corrected chi connectivity index (χ1v) is 47.5. The van der Waals surface area contributed by atoms with Crippen LogP contribution in [-0.4, -0.2) is 169 Å². The summed E-state index contributed by atoms with van der Waals surface area (Å²) in [6, 6.07) is 37.9. The van der Waals surface area contributed by atoms with Gasteiger partial charge < -0.3 is 77.4 Å². The number of aliphatic hydroxyl groups excluding tert-OH is 4. The number of halogens is 8. The van der Waals surface area contributed by atoms with Crippen LogP contribution in [0.15, 0.2) is 175 Å². The Hall–Kier alpha value is -3.73. The average molecular weight is 1990 g/mol. The van der Waals surface area contributed by atoms with E-state index in [0.29, 0.717) is 20.4 Å². The third-order valence-electron chi connectivity index (χ3n) is 17.1. The van der Waals surface area contributed by atoms with Gasteiger partial charge in [-0.05, 0) is 106 Å². The first kappa shape index (κ1) is 121. The number of ether oxygens (including phenoxy) is 4. The van der Waals surface area contributed by atoms with Crippen molar-refractivity contribution < 1.29 is 222 Å². The van der Waals surface area contributed by atoms with Crippen molar-refractivity contribution in [2.24, 2.45) is 5.92 Å². The third kappa shape index (κ3) is 36.8. The molecule has 0 spiro atoms. The second-order valence-electron chi connectivity index (χ2n) is 25.9. The number of aromatic nitrogens is 6. The first-order valence-electron chi connectivity index (χ1n) is 35.9. The number of H-pyrrole nitrogens is 3. The zero-order chi connectivity index (χ0) is 92.1. The van der Waals surface area contributed by atoms with E-state index in [-0.39, 0.29) is 75.4 Å². The maximum Gasteiger partial charge on any atom is 1.00 e. The van der Waals surface area contributed by atoms with E-state index in [1.807, 2.05) is 70.6 Å². The zero-order valence-electron chi connectivity index (χ0n) is 69.1. The molecule has 9 N–H and O–H groups in total. The summed E-state index contributed by atoms with van der Waals surface area (Å²) in [5.41, 5.74) is -1.51. The largest absolute Gasteiger partial charge is 1.00 e. The molecule has 7 heterocycles. The monoisotopic (exact) mass is 1990 g/mol. The van der Waals surface area contributed by atoms with Crippen molar-refractivity contribution in [1.82, 2.24) is 33.6 Å². The van der Waals surface area contributed by atoms with Crippen molar-refractivity contribution in [1.29, 1.82) is 0 Å². The molecule has 7 aromatic rings.